The molecule has 0 saturated carbocycles. The van der Waals surface area contributed by atoms with Crippen LogP contribution in [-0.4, -0.2) is 45.0 Å². The fourth-order valence-electron chi connectivity index (χ4n) is 4.69. The average Bonchev–Trinajstić information content (AvgIpc) is 3.37. The van der Waals surface area contributed by atoms with E-state index < -0.39 is 5.82 Å². The summed E-state index contributed by atoms with van der Waals surface area (Å²) in [6.07, 6.45) is 6.99. The van der Waals surface area contributed by atoms with Crippen LogP contribution in [0.3, 0.4) is 0 Å². The van der Waals surface area contributed by atoms with Crippen molar-refractivity contribution in [2.75, 3.05) is 30.8 Å². The summed E-state index contributed by atoms with van der Waals surface area (Å²) in [4.78, 5) is 6.75. The molecular weight excluding hydrogens is 526 g/mol. The number of nitrogens with one attached hydrogen (secondary N) is 2. The molecule has 0 spiro atoms. The predicted molar refractivity (Wildman–Crippen MR) is 148 cm³/mol. The van der Waals surface area contributed by atoms with Crippen LogP contribution in [0.5, 0.6) is 0 Å². The molecule has 0 radical (unpaired) electrons. The lowest BCUT2D eigenvalue weighted by molar-refractivity contribution is 0.206. The van der Waals surface area contributed by atoms with Crippen molar-refractivity contribution in [1.82, 2.24) is 24.9 Å². The first-order valence-corrected chi connectivity index (χ1v) is 13.2. The van der Waals surface area contributed by atoms with E-state index in [0.29, 0.717) is 39.4 Å². The van der Waals surface area contributed by atoms with Crippen LogP contribution in [-0.2, 0) is 13.1 Å². The molecule has 4 aromatic rings. The summed E-state index contributed by atoms with van der Waals surface area (Å²) in [5.41, 5.74) is 3.44. The highest BCUT2D eigenvalue weighted by Gasteiger charge is 2.17. The third-order valence-corrected chi connectivity index (χ3v) is 7.48. The molecule has 0 bridgehead atoms. The predicted octanol–water partition coefficient (Wildman–Crippen LogP) is 6.23. The molecule has 1 saturated heterocycles. The lowest BCUT2D eigenvalue weighted by Gasteiger charge is -2.28. The summed E-state index contributed by atoms with van der Waals surface area (Å²) in [7, 11) is 2.17. The Balaban J connectivity index is 1.31. The molecule has 11 heteroatoms. The number of halogens is 3. The van der Waals surface area contributed by atoms with E-state index in [0.717, 1.165) is 43.4 Å². The van der Waals surface area contributed by atoms with Crippen molar-refractivity contribution < 1.29 is 4.39 Å². The lowest BCUT2D eigenvalue weighted by atomic mass is 9.94. The van der Waals surface area contributed by atoms with E-state index in [1.165, 1.54) is 31.2 Å². The van der Waals surface area contributed by atoms with E-state index in [2.05, 4.69) is 43.9 Å². The number of aryl methyl sites for hydroxylation is 1. The average molecular weight is 553 g/mol. The van der Waals surface area contributed by atoms with Crippen molar-refractivity contribution >= 4 is 51.2 Å². The number of nitriles is 1. The smallest absolute Gasteiger partial charge is 0.141 e. The van der Waals surface area contributed by atoms with Gasteiger partial charge in [-0.15, -0.1) is 5.10 Å². The normalized spacial score (nSPS) is 14.5. The molecule has 2 aromatic heterocycles. The van der Waals surface area contributed by atoms with Crippen LogP contribution in [0.15, 0.2) is 42.7 Å². The van der Waals surface area contributed by atoms with Crippen molar-refractivity contribution in [3.63, 3.8) is 0 Å². The van der Waals surface area contributed by atoms with Crippen LogP contribution in [0, 0.1) is 23.1 Å². The minimum absolute atomic E-state index is 0.0216. The minimum Gasteiger partial charge on any atom is -0.379 e. The van der Waals surface area contributed by atoms with Gasteiger partial charge in [-0.1, -0.05) is 28.4 Å². The van der Waals surface area contributed by atoms with Crippen LogP contribution >= 0.6 is 23.2 Å². The Bertz CT molecular complexity index is 1490. The van der Waals surface area contributed by atoms with Gasteiger partial charge in [0.25, 0.3) is 0 Å². The maximum atomic E-state index is 13.6. The van der Waals surface area contributed by atoms with Crippen LogP contribution < -0.4 is 10.6 Å². The summed E-state index contributed by atoms with van der Waals surface area (Å²) < 4.78 is 15.6. The number of nitrogens with zero attached hydrogens (tertiary/aromatic N) is 6. The zero-order valence-corrected chi connectivity index (χ0v) is 22.4. The van der Waals surface area contributed by atoms with E-state index in [-0.39, 0.29) is 5.02 Å². The number of pyridine rings is 1. The second kappa shape index (κ2) is 11.5. The second-order valence-electron chi connectivity index (χ2n) is 9.63. The van der Waals surface area contributed by atoms with E-state index in [1.807, 2.05) is 16.9 Å². The van der Waals surface area contributed by atoms with Crippen LogP contribution in [0.2, 0.25) is 10.0 Å². The van der Waals surface area contributed by atoms with Crippen molar-refractivity contribution in [1.29, 1.82) is 5.26 Å². The fourth-order valence-corrected chi connectivity index (χ4v) is 5.14. The first-order valence-electron chi connectivity index (χ1n) is 12.5. The molecule has 2 aromatic carbocycles. The summed E-state index contributed by atoms with van der Waals surface area (Å²) in [5.74, 6) is 0.211. The van der Waals surface area contributed by atoms with Gasteiger partial charge in [0.1, 0.15) is 17.6 Å². The van der Waals surface area contributed by atoms with Crippen molar-refractivity contribution in [2.24, 2.45) is 5.92 Å². The van der Waals surface area contributed by atoms with Gasteiger partial charge < -0.3 is 15.5 Å². The highest BCUT2D eigenvalue weighted by atomic mass is 35.5. The standard InChI is InChI=1S/C27H27Cl2FN8/c1-37-7-4-17(5-8-37)6-9-38-16-21(35-36-38)15-32-20-10-22-26(34-19-2-3-25(30)23(28)11-19)18(13-31)14-33-27(22)24(29)12-20/h2-3,10-12,14,16-17,32H,4-9,15H2,1H3,(H,33,34). The maximum Gasteiger partial charge on any atom is 0.141 e. The molecule has 1 aliphatic heterocycles. The van der Waals surface area contributed by atoms with Gasteiger partial charge in [-0.3, -0.25) is 9.67 Å². The van der Waals surface area contributed by atoms with Gasteiger partial charge in [-0.2, -0.15) is 5.26 Å². The van der Waals surface area contributed by atoms with E-state index in [9.17, 15) is 9.65 Å². The Kier molecular flexibility index (Phi) is 7.93. The minimum atomic E-state index is -0.523. The maximum absolute atomic E-state index is 13.6. The van der Waals surface area contributed by atoms with E-state index in [1.54, 1.807) is 12.1 Å². The SMILES string of the molecule is CN1CCC(CCn2cc(CNc3cc(Cl)c4ncc(C#N)c(Nc5ccc(F)c(Cl)c5)c4c3)nn2)CC1. The summed E-state index contributed by atoms with van der Waals surface area (Å²) in [6, 6.07) is 10.1. The van der Waals surface area contributed by atoms with Gasteiger partial charge in [0.15, 0.2) is 0 Å². The molecule has 0 unspecified atom stereocenters. The van der Waals surface area contributed by atoms with E-state index >= 15 is 0 Å². The van der Waals surface area contributed by atoms with Gasteiger partial charge in [0, 0.05) is 29.5 Å². The molecule has 38 heavy (non-hydrogen) atoms. The number of hydrogen-bond acceptors (Lipinski definition) is 7. The third-order valence-electron chi connectivity index (χ3n) is 6.90. The Morgan fingerprint density at radius 1 is 1.13 bits per heavy atom. The third kappa shape index (κ3) is 5.99. The van der Waals surface area contributed by atoms with Crippen LogP contribution in [0.1, 0.15) is 30.5 Å². The Morgan fingerprint density at radius 3 is 2.68 bits per heavy atom. The van der Waals surface area contributed by atoms with Gasteiger partial charge >= 0.3 is 0 Å². The van der Waals surface area contributed by atoms with Gasteiger partial charge in [-0.25, -0.2) is 4.39 Å². The van der Waals surface area contributed by atoms with Gasteiger partial charge in [0.2, 0.25) is 0 Å². The zero-order valence-electron chi connectivity index (χ0n) is 20.9. The largest absolute Gasteiger partial charge is 0.379 e. The lowest BCUT2D eigenvalue weighted by Crippen LogP contribution is -2.30. The first kappa shape index (κ1) is 26.2. The molecule has 2 N–H and O–H groups in total. The number of aromatic nitrogens is 4. The van der Waals surface area contributed by atoms with Crippen molar-refractivity contribution in [2.45, 2.75) is 32.4 Å². The molecule has 196 valence electrons. The van der Waals surface area contributed by atoms with Gasteiger partial charge in [0.05, 0.1) is 39.6 Å². The quantitative estimate of drug-likeness (QED) is 0.267. The second-order valence-corrected chi connectivity index (χ2v) is 10.4. The van der Waals surface area contributed by atoms with Gasteiger partial charge in [-0.05, 0) is 75.6 Å². The highest BCUT2D eigenvalue weighted by Crippen LogP contribution is 2.35. The molecule has 0 aliphatic carbocycles. The monoisotopic (exact) mass is 552 g/mol. The molecular formula is C27H27Cl2FN8. The summed E-state index contributed by atoms with van der Waals surface area (Å²) in [6.45, 7) is 3.63. The topological polar surface area (TPSA) is 94.7 Å². The zero-order chi connectivity index (χ0) is 26.6. The number of likely N-dealkylation sites (tertiary alicyclic amines) is 1. The number of benzene rings is 2. The Hall–Kier alpha value is -3.45. The number of hydrogen-bond donors (Lipinski definition) is 2. The molecule has 5 rings (SSSR count). The fraction of sp³-hybridized carbons (Fsp3) is 0.333. The van der Waals surface area contributed by atoms with Crippen molar-refractivity contribution in [3.05, 3.63) is 69.8 Å². The molecule has 3 heterocycles. The summed E-state index contributed by atoms with van der Waals surface area (Å²) >= 11 is 12.5. The molecule has 8 nitrogen and oxygen atoms in total. The van der Waals surface area contributed by atoms with Crippen LogP contribution in [0.25, 0.3) is 10.9 Å². The Morgan fingerprint density at radius 2 is 1.92 bits per heavy atom. The Labute approximate surface area is 230 Å². The number of fused-ring (bicyclic) bond motifs is 1. The molecule has 1 aliphatic rings. The number of rotatable bonds is 8. The molecule has 0 amide bonds. The highest BCUT2D eigenvalue weighted by molar-refractivity contribution is 6.36. The first-order chi connectivity index (χ1) is 18.4. The summed E-state index contributed by atoms with van der Waals surface area (Å²) in [5, 5.41) is 25.9. The number of anilines is 3. The number of piperidine rings is 1. The van der Waals surface area contributed by atoms with Crippen LogP contribution in [0.4, 0.5) is 21.5 Å². The van der Waals surface area contributed by atoms with E-state index in [4.69, 9.17) is 23.2 Å². The van der Waals surface area contributed by atoms with Crippen molar-refractivity contribution in [3.8, 4) is 6.07 Å². The molecule has 1 fully saturated rings. The molecule has 0 atom stereocenters.